The number of fused-ring (bicyclic) bond motifs is 1. The molecule has 3 heterocycles. The molecule has 0 unspecified atom stereocenters. The maximum atomic E-state index is 12.6. The Morgan fingerprint density at radius 3 is 2.53 bits per heavy atom. The summed E-state index contributed by atoms with van der Waals surface area (Å²) in [5.41, 5.74) is 5.11. The average Bonchev–Trinajstić information content (AvgIpc) is 3.08. The van der Waals surface area contributed by atoms with Crippen LogP contribution >= 0.6 is 0 Å². The number of benzene rings is 1. The minimum absolute atomic E-state index is 0.128. The van der Waals surface area contributed by atoms with Crippen LogP contribution in [0.15, 0.2) is 47.4 Å². The fourth-order valence-electron chi connectivity index (χ4n) is 3.24. The van der Waals surface area contributed by atoms with Gasteiger partial charge in [-0.05, 0) is 51.0 Å². The smallest absolute Gasteiger partial charge is 0.361 e. The number of hydrogen-bond acceptors (Lipinski definition) is 6. The molecular formula is C22H21N5O3. The van der Waals surface area contributed by atoms with E-state index in [-0.39, 0.29) is 17.9 Å². The summed E-state index contributed by atoms with van der Waals surface area (Å²) in [4.78, 5) is 30.7. The Labute approximate surface area is 172 Å². The van der Waals surface area contributed by atoms with Crippen LogP contribution in [0.25, 0.3) is 11.3 Å². The first-order valence-corrected chi connectivity index (χ1v) is 9.49. The zero-order chi connectivity index (χ0) is 21.4. The molecule has 4 aromatic rings. The number of pyridine rings is 1. The normalized spacial score (nSPS) is 11.1. The molecule has 0 aliphatic carbocycles. The van der Waals surface area contributed by atoms with Gasteiger partial charge in [-0.25, -0.2) is 9.78 Å². The van der Waals surface area contributed by atoms with Crippen LogP contribution in [0.2, 0.25) is 0 Å². The monoisotopic (exact) mass is 403 g/mol. The van der Waals surface area contributed by atoms with Gasteiger partial charge in [-0.3, -0.25) is 9.20 Å². The molecular weight excluding hydrogens is 382 g/mol. The molecule has 0 aliphatic heterocycles. The Morgan fingerprint density at radius 1 is 1.00 bits per heavy atom. The van der Waals surface area contributed by atoms with Crippen LogP contribution in [0.4, 0.5) is 0 Å². The molecule has 0 aliphatic rings. The van der Waals surface area contributed by atoms with Gasteiger partial charge in [0.2, 0.25) is 0 Å². The van der Waals surface area contributed by atoms with Crippen LogP contribution in [0.3, 0.4) is 0 Å². The van der Waals surface area contributed by atoms with Crippen molar-refractivity contribution in [3.8, 4) is 5.69 Å². The van der Waals surface area contributed by atoms with Crippen molar-refractivity contribution in [3.05, 3.63) is 86.7 Å². The minimum Gasteiger partial charge on any atom is -0.454 e. The second kappa shape index (κ2) is 7.55. The van der Waals surface area contributed by atoms with E-state index < -0.39 is 5.97 Å². The highest BCUT2D eigenvalue weighted by Gasteiger charge is 2.19. The number of nitrogens with zero attached hydrogens (tertiary/aromatic N) is 5. The molecule has 3 aromatic heterocycles. The number of esters is 1. The van der Waals surface area contributed by atoms with Crippen molar-refractivity contribution >= 4 is 11.6 Å². The van der Waals surface area contributed by atoms with E-state index >= 15 is 0 Å². The second-order valence-electron chi connectivity index (χ2n) is 7.31. The highest BCUT2D eigenvalue weighted by Crippen LogP contribution is 2.16. The summed E-state index contributed by atoms with van der Waals surface area (Å²) in [6.07, 6.45) is 1.72. The lowest BCUT2D eigenvalue weighted by molar-refractivity contribution is 0.0459. The van der Waals surface area contributed by atoms with Crippen LogP contribution in [-0.4, -0.2) is 30.3 Å². The van der Waals surface area contributed by atoms with E-state index in [1.807, 2.05) is 45.0 Å². The largest absolute Gasteiger partial charge is 0.454 e. The summed E-state index contributed by atoms with van der Waals surface area (Å²) in [6.45, 7) is 7.44. The van der Waals surface area contributed by atoms with Crippen LogP contribution in [0.1, 0.15) is 38.6 Å². The van der Waals surface area contributed by atoms with Crippen LogP contribution in [0, 0.1) is 27.7 Å². The van der Waals surface area contributed by atoms with E-state index in [1.54, 1.807) is 19.2 Å². The van der Waals surface area contributed by atoms with Crippen molar-refractivity contribution in [2.24, 2.45) is 0 Å². The Morgan fingerprint density at radius 2 is 1.77 bits per heavy atom. The molecule has 1 aromatic carbocycles. The van der Waals surface area contributed by atoms with E-state index in [2.05, 4.69) is 15.2 Å². The van der Waals surface area contributed by atoms with Gasteiger partial charge in [-0.2, -0.15) is 9.90 Å². The molecule has 152 valence electrons. The first-order valence-electron chi connectivity index (χ1n) is 9.49. The molecule has 0 fully saturated rings. The number of rotatable bonds is 4. The molecule has 0 radical (unpaired) electrons. The molecule has 8 heteroatoms. The Bertz CT molecular complexity index is 1340. The quantitative estimate of drug-likeness (QED) is 0.487. The van der Waals surface area contributed by atoms with Crippen molar-refractivity contribution in [1.82, 2.24) is 24.4 Å². The van der Waals surface area contributed by atoms with Crippen LogP contribution in [0.5, 0.6) is 0 Å². The molecule has 4 rings (SSSR count). The van der Waals surface area contributed by atoms with Gasteiger partial charge < -0.3 is 4.74 Å². The number of ether oxygens (including phenoxy) is 1. The first-order chi connectivity index (χ1) is 14.3. The van der Waals surface area contributed by atoms with Gasteiger partial charge in [0, 0.05) is 12.3 Å². The number of aryl methyl sites for hydroxylation is 4. The molecule has 0 atom stereocenters. The van der Waals surface area contributed by atoms with E-state index in [0.29, 0.717) is 17.0 Å². The van der Waals surface area contributed by atoms with E-state index in [9.17, 15) is 9.59 Å². The van der Waals surface area contributed by atoms with E-state index in [4.69, 9.17) is 4.74 Å². The first kappa shape index (κ1) is 19.5. The van der Waals surface area contributed by atoms with Gasteiger partial charge in [0.25, 0.3) is 5.56 Å². The number of hydrogen-bond donors (Lipinski definition) is 0. The third-order valence-electron chi connectivity index (χ3n) is 4.75. The molecule has 0 saturated carbocycles. The van der Waals surface area contributed by atoms with Crippen molar-refractivity contribution < 1.29 is 9.53 Å². The summed E-state index contributed by atoms with van der Waals surface area (Å²) in [5, 5.41) is 8.65. The number of aromatic nitrogens is 5. The molecule has 0 amide bonds. The molecule has 0 spiro atoms. The van der Waals surface area contributed by atoms with E-state index in [0.717, 1.165) is 22.4 Å². The maximum absolute atomic E-state index is 12.6. The molecule has 8 nitrogen and oxygen atoms in total. The van der Waals surface area contributed by atoms with Gasteiger partial charge in [-0.15, -0.1) is 5.10 Å². The molecule has 30 heavy (non-hydrogen) atoms. The fourth-order valence-corrected chi connectivity index (χ4v) is 3.24. The van der Waals surface area contributed by atoms with Gasteiger partial charge in [0.15, 0.2) is 5.69 Å². The Hall–Kier alpha value is -3.81. The fraction of sp³-hybridized carbons (Fsp3) is 0.227. The summed E-state index contributed by atoms with van der Waals surface area (Å²) >= 11 is 0. The third kappa shape index (κ3) is 3.71. The van der Waals surface area contributed by atoms with Crippen molar-refractivity contribution in [1.29, 1.82) is 0 Å². The summed E-state index contributed by atoms with van der Waals surface area (Å²) in [7, 11) is 0. The van der Waals surface area contributed by atoms with Crippen LogP contribution < -0.4 is 5.56 Å². The number of carbonyl (C=O) groups excluding carboxylic acids is 1. The minimum atomic E-state index is -0.616. The highest BCUT2D eigenvalue weighted by molar-refractivity contribution is 5.88. The molecule has 0 saturated heterocycles. The standard InChI is InChI=1S/C22H21N5O3/c1-13-5-7-18(15(3)9-13)27-24-16(4)21(25-27)22(29)30-12-17-10-20(28)26-11-14(2)6-8-19(26)23-17/h5-11H,12H2,1-4H3. The van der Waals surface area contributed by atoms with Crippen molar-refractivity contribution in [2.75, 3.05) is 0 Å². The molecule has 0 bridgehead atoms. The number of carbonyl (C=O) groups is 1. The van der Waals surface area contributed by atoms with Crippen molar-refractivity contribution in [2.45, 2.75) is 34.3 Å². The lowest BCUT2D eigenvalue weighted by Gasteiger charge is -2.06. The summed E-state index contributed by atoms with van der Waals surface area (Å²) in [6, 6.07) is 10.9. The predicted octanol–water partition coefficient (Wildman–Crippen LogP) is 2.87. The SMILES string of the molecule is Cc1ccc(-n2nc(C)c(C(=O)OCc3cc(=O)n4cc(C)ccc4n3)n2)c(C)c1. The van der Waals surface area contributed by atoms with Gasteiger partial charge in [0.05, 0.1) is 17.1 Å². The lowest BCUT2D eigenvalue weighted by atomic mass is 10.1. The van der Waals surface area contributed by atoms with Crippen LogP contribution in [-0.2, 0) is 11.3 Å². The van der Waals surface area contributed by atoms with E-state index in [1.165, 1.54) is 15.3 Å². The summed E-state index contributed by atoms with van der Waals surface area (Å²) in [5.74, 6) is -0.616. The predicted molar refractivity (Wildman–Crippen MR) is 111 cm³/mol. The Kier molecular flexibility index (Phi) is 4.91. The Balaban J connectivity index is 1.55. The maximum Gasteiger partial charge on any atom is 0.361 e. The van der Waals surface area contributed by atoms with Gasteiger partial charge in [-0.1, -0.05) is 23.8 Å². The lowest BCUT2D eigenvalue weighted by Crippen LogP contribution is -2.17. The molecule has 0 N–H and O–H groups in total. The highest BCUT2D eigenvalue weighted by atomic mass is 16.5. The topological polar surface area (TPSA) is 91.4 Å². The van der Waals surface area contributed by atoms with Gasteiger partial charge >= 0.3 is 5.97 Å². The zero-order valence-corrected chi connectivity index (χ0v) is 17.2. The zero-order valence-electron chi connectivity index (χ0n) is 17.2. The van der Waals surface area contributed by atoms with Gasteiger partial charge in [0.1, 0.15) is 12.3 Å². The van der Waals surface area contributed by atoms with Crippen molar-refractivity contribution in [3.63, 3.8) is 0 Å². The average molecular weight is 403 g/mol. The summed E-state index contributed by atoms with van der Waals surface area (Å²) < 4.78 is 6.81. The second-order valence-corrected chi connectivity index (χ2v) is 7.31. The third-order valence-corrected chi connectivity index (χ3v) is 4.75.